The Kier molecular flexibility index (Phi) is 9.57. The smallest absolute Gasteiger partial charge is 0.316 e. The highest BCUT2D eigenvalue weighted by Gasteiger charge is 2.53. The molecule has 0 aliphatic carbocycles. The molecule has 4 saturated heterocycles. The fourth-order valence-corrected chi connectivity index (χ4v) is 10.2. The van der Waals surface area contributed by atoms with Crippen molar-refractivity contribution in [1.29, 1.82) is 0 Å². The number of nitrogens with zero attached hydrogens (tertiary/aromatic N) is 14. The summed E-state index contributed by atoms with van der Waals surface area (Å²) in [5.74, 6) is -0.127. The molecule has 6 unspecified atom stereocenters. The van der Waals surface area contributed by atoms with E-state index in [0.29, 0.717) is 65.4 Å². The van der Waals surface area contributed by atoms with Gasteiger partial charge in [-0.25, -0.2) is 29.0 Å². The van der Waals surface area contributed by atoms with Gasteiger partial charge in [0, 0.05) is 79.6 Å². The van der Waals surface area contributed by atoms with E-state index in [9.17, 15) is 9.59 Å². The van der Waals surface area contributed by atoms with Crippen LogP contribution in [0.4, 0.5) is 34.4 Å². The third-order valence-electron chi connectivity index (χ3n) is 14.0. The van der Waals surface area contributed by atoms with E-state index in [1.165, 1.54) is 18.3 Å². The van der Waals surface area contributed by atoms with Crippen LogP contribution in [-0.4, -0.2) is 146 Å². The fourth-order valence-electron chi connectivity index (χ4n) is 10.2. The van der Waals surface area contributed by atoms with Gasteiger partial charge in [-0.1, -0.05) is 11.2 Å². The van der Waals surface area contributed by atoms with Gasteiger partial charge in [0.2, 0.25) is 5.82 Å². The van der Waals surface area contributed by atoms with Crippen molar-refractivity contribution in [3.8, 4) is 11.5 Å². The monoisotopic (exact) mass is 904 g/mol. The predicted molar refractivity (Wildman–Crippen MR) is 245 cm³/mol. The molecule has 0 spiro atoms. The van der Waals surface area contributed by atoms with Crippen LogP contribution in [0.25, 0.3) is 22.8 Å². The molecule has 12 rings (SSSR count). The van der Waals surface area contributed by atoms with Crippen molar-refractivity contribution >= 4 is 57.5 Å². The van der Waals surface area contributed by atoms with Crippen molar-refractivity contribution in [2.75, 3.05) is 53.2 Å². The lowest BCUT2D eigenvalue weighted by molar-refractivity contribution is -0.118. The summed E-state index contributed by atoms with van der Waals surface area (Å²) >= 11 is 0. The second-order valence-electron chi connectivity index (χ2n) is 18.1. The molecule has 67 heavy (non-hydrogen) atoms. The molecule has 5 aliphatic heterocycles. The van der Waals surface area contributed by atoms with Gasteiger partial charge in [-0.15, -0.1) is 0 Å². The van der Waals surface area contributed by atoms with Gasteiger partial charge in [0.05, 0.1) is 36.1 Å². The molecule has 7 aromatic rings. The van der Waals surface area contributed by atoms with Crippen molar-refractivity contribution in [3.05, 3.63) is 97.0 Å². The van der Waals surface area contributed by atoms with Gasteiger partial charge in [0.1, 0.15) is 24.5 Å². The van der Waals surface area contributed by atoms with Crippen molar-refractivity contribution in [2.45, 2.75) is 76.0 Å². The number of anilines is 6. The van der Waals surface area contributed by atoms with Crippen LogP contribution >= 0.6 is 0 Å². The van der Waals surface area contributed by atoms with Gasteiger partial charge in [0.15, 0.2) is 28.7 Å². The average molecular weight is 905 g/mol. The van der Waals surface area contributed by atoms with Gasteiger partial charge in [-0.2, -0.15) is 15.2 Å². The zero-order valence-corrected chi connectivity index (χ0v) is 37.1. The number of aromatic nitrogens is 10. The second kappa shape index (κ2) is 15.7. The normalized spacial score (nSPS) is 23.6. The van der Waals surface area contributed by atoms with E-state index in [2.05, 4.69) is 116 Å². The van der Waals surface area contributed by atoms with Gasteiger partial charge >= 0.3 is 11.8 Å². The Morgan fingerprint density at radius 3 is 2.18 bits per heavy atom. The molecule has 5 N–H and O–H groups in total. The average Bonchev–Trinajstić information content (AvgIpc) is 4.16. The molecule has 10 heterocycles. The minimum atomic E-state index is -0.613. The number of nitrogens with two attached hydrogens (primary N) is 1. The molecule has 2 aromatic carbocycles. The maximum atomic E-state index is 13.3. The molecule has 0 bridgehead atoms. The highest BCUT2D eigenvalue weighted by Crippen LogP contribution is 2.41. The van der Waals surface area contributed by atoms with E-state index in [0.717, 1.165) is 48.9 Å². The molecule has 0 radical (unpaired) electrons. The first kappa shape index (κ1) is 40.8. The van der Waals surface area contributed by atoms with Crippen molar-refractivity contribution in [1.82, 2.24) is 64.4 Å². The van der Waals surface area contributed by atoms with Gasteiger partial charge in [-0.3, -0.25) is 19.4 Å². The lowest BCUT2D eigenvalue weighted by atomic mass is 9.83. The first-order valence-corrected chi connectivity index (χ1v) is 22.5. The van der Waals surface area contributed by atoms with E-state index in [4.69, 9.17) is 20.0 Å². The summed E-state index contributed by atoms with van der Waals surface area (Å²) in [7, 11) is 0. The number of ether oxygens (including phenoxy) is 1. The minimum absolute atomic E-state index is 0.0794. The first-order chi connectivity index (χ1) is 32.6. The Hall–Kier alpha value is -7.72. The summed E-state index contributed by atoms with van der Waals surface area (Å²) in [6, 6.07) is 19.2. The molecule has 5 aliphatic rings. The van der Waals surface area contributed by atoms with E-state index in [1.807, 2.05) is 31.2 Å². The zero-order chi connectivity index (χ0) is 45.7. The van der Waals surface area contributed by atoms with Crippen LogP contribution in [0.3, 0.4) is 0 Å². The van der Waals surface area contributed by atoms with Gasteiger partial charge in [-0.05, 0) is 76.2 Å². The summed E-state index contributed by atoms with van der Waals surface area (Å²) in [4.78, 5) is 57.5. The summed E-state index contributed by atoms with van der Waals surface area (Å²) < 4.78 is 14.4. The Bertz CT molecular complexity index is 3090. The molecular weight excluding hydrogens is 857 g/mol. The number of nitrogens with one attached hydrogen (secondary N) is 3. The highest BCUT2D eigenvalue weighted by molar-refractivity contribution is 5.91. The Balaban J connectivity index is 0.637. The lowest BCUT2D eigenvalue weighted by Crippen LogP contribution is -2.81. The molecule has 342 valence electrons. The minimum Gasteiger partial charge on any atom is -0.484 e. The second-order valence-corrected chi connectivity index (χ2v) is 18.1. The number of hydrogen-bond acceptors (Lipinski definition) is 18. The summed E-state index contributed by atoms with van der Waals surface area (Å²) in [6.07, 6.45) is 7.60. The largest absolute Gasteiger partial charge is 0.484 e. The molecule has 7 atom stereocenters. The molecule has 2 amide bonds. The lowest BCUT2D eigenvalue weighted by Gasteiger charge is -2.64. The Morgan fingerprint density at radius 1 is 0.791 bits per heavy atom. The number of likely N-dealkylation sites (tertiary alicyclic amines) is 2. The van der Waals surface area contributed by atoms with Crippen molar-refractivity contribution < 1.29 is 18.8 Å². The number of carbonyl (C=O) groups excluding carboxylic acids is 2. The molecular formula is C45H48N18O4. The maximum absolute atomic E-state index is 13.3. The summed E-state index contributed by atoms with van der Waals surface area (Å²) in [5.41, 5.74) is 11.7. The molecule has 22 nitrogen and oxygen atoms in total. The van der Waals surface area contributed by atoms with E-state index in [-0.39, 0.29) is 35.5 Å². The third-order valence-corrected chi connectivity index (χ3v) is 14.0. The SMILES string of the molecule is CC1OC(C(N)=O)=CC1c1cnc(Nc2cccc(N3CC4[C@H]3CN4C(C)CNC(=O)c3nc(-c4cnc(Nc5ccc(N6CC7C6CN7C(C)C)cc5)c5ncnn45)no3)c2)c2ncnn12. The van der Waals surface area contributed by atoms with E-state index < -0.39 is 11.8 Å². The Labute approximate surface area is 383 Å². The van der Waals surface area contributed by atoms with Crippen LogP contribution in [-0.2, 0) is 9.53 Å². The summed E-state index contributed by atoms with van der Waals surface area (Å²) in [6.45, 7) is 12.8. The van der Waals surface area contributed by atoms with E-state index >= 15 is 0 Å². The summed E-state index contributed by atoms with van der Waals surface area (Å²) in [5, 5.41) is 22.7. The van der Waals surface area contributed by atoms with Crippen molar-refractivity contribution in [3.63, 3.8) is 0 Å². The third kappa shape index (κ3) is 6.84. The number of primary amides is 1. The number of carbonyl (C=O) groups is 2. The van der Waals surface area contributed by atoms with Crippen LogP contribution in [0.15, 0.2) is 89.9 Å². The van der Waals surface area contributed by atoms with Gasteiger partial charge in [0.25, 0.3) is 5.91 Å². The van der Waals surface area contributed by atoms with Crippen LogP contribution in [0, 0.1) is 0 Å². The van der Waals surface area contributed by atoms with Crippen LogP contribution in [0.5, 0.6) is 0 Å². The van der Waals surface area contributed by atoms with Crippen molar-refractivity contribution in [2.24, 2.45) is 5.73 Å². The van der Waals surface area contributed by atoms with Crippen LogP contribution in [0.2, 0.25) is 0 Å². The highest BCUT2D eigenvalue weighted by atomic mass is 16.5. The van der Waals surface area contributed by atoms with Crippen LogP contribution < -0.4 is 31.5 Å². The molecule has 5 aromatic heterocycles. The number of piperazine rings is 2. The van der Waals surface area contributed by atoms with Crippen LogP contribution in [0.1, 0.15) is 50.0 Å². The van der Waals surface area contributed by atoms with Gasteiger partial charge < -0.3 is 40.7 Å². The predicted octanol–water partition coefficient (Wildman–Crippen LogP) is 2.94. The molecule has 22 heteroatoms. The number of amides is 2. The van der Waals surface area contributed by atoms with E-state index in [1.54, 1.807) is 27.5 Å². The molecule has 0 saturated carbocycles. The number of hydrogen-bond donors (Lipinski definition) is 4. The number of fused-ring (bicyclic) bond motifs is 4. The topological polar surface area (TPSA) is 244 Å². The zero-order valence-electron chi connectivity index (χ0n) is 37.1. The quantitative estimate of drug-likeness (QED) is 0.123. The molecule has 4 fully saturated rings. The standard InChI is InChI=1S/C45H48N18O4/c1-23(2)58-17-35-33(58)19-60(35)28-10-8-26(9-11-28)54-40-43-51-22-53-63(43)32(16-48-40)39-56-45(67-57-39)44(65)49-14-24(3)59-18-36-34(59)20-61(36)29-7-5-6-27(12-29)55-41-42-50-21-52-62(42)31(15-47-41)30-13-37(38(46)64)66-25(30)4/h5-13,15-16,21-25,30,33-36H,14,17-20H2,1-4H3,(H2,46,64)(H,47,55)(H,48,54)(H,49,65)/t24?,25?,30?,33?,34?,35?,36-/m1/s1. The fraction of sp³-hybridized carbons (Fsp3) is 0.378. The number of rotatable bonds is 14. The Morgan fingerprint density at radius 2 is 1.48 bits per heavy atom. The first-order valence-electron chi connectivity index (χ1n) is 22.5. The number of benzene rings is 2. The maximum Gasteiger partial charge on any atom is 0.316 e.